The smallest absolute Gasteiger partial charge is 0.294 e. The van der Waals surface area contributed by atoms with Gasteiger partial charge in [-0.1, -0.05) is 16.8 Å². The van der Waals surface area contributed by atoms with Gasteiger partial charge in [-0.15, -0.1) is 0 Å². The number of carbonyl (C=O) groups is 1. The molecule has 0 fully saturated rings. The molecule has 2 heterocycles. The van der Waals surface area contributed by atoms with E-state index in [1.54, 1.807) is 57.5 Å². The number of hydrogen-bond acceptors (Lipinski definition) is 6. The number of aryl methyl sites for hydroxylation is 1. The average Bonchev–Trinajstić information content (AvgIpc) is 3.32. The maximum Gasteiger partial charge on any atom is 0.294 e. The Balaban J connectivity index is 1.58. The van der Waals surface area contributed by atoms with Crippen molar-refractivity contribution in [3.05, 3.63) is 58.8 Å². The fourth-order valence-electron chi connectivity index (χ4n) is 3.04. The van der Waals surface area contributed by atoms with Crippen LogP contribution in [0.15, 0.2) is 51.4 Å². The normalized spacial score (nSPS) is 10.9. The Morgan fingerprint density at radius 1 is 1.07 bits per heavy atom. The topological polar surface area (TPSA) is 86.7 Å². The van der Waals surface area contributed by atoms with Gasteiger partial charge in [0.05, 0.1) is 14.2 Å². The SMILES string of the molecule is COc1ccc(-c2cc(NC(=O)c3oc4ccc(Cl)cc4c3C)on2)cc1OC. The van der Waals surface area contributed by atoms with E-state index in [1.807, 2.05) is 6.07 Å². The molecule has 4 aromatic rings. The van der Waals surface area contributed by atoms with E-state index in [9.17, 15) is 4.79 Å². The second kappa shape index (κ2) is 7.52. The molecular formula is C21H17ClN2O5. The van der Waals surface area contributed by atoms with E-state index in [1.165, 1.54) is 0 Å². The number of nitrogens with zero attached hydrogens (tertiary/aromatic N) is 1. The summed E-state index contributed by atoms with van der Waals surface area (Å²) < 4.78 is 21.5. The molecule has 0 saturated carbocycles. The van der Waals surface area contributed by atoms with Crippen LogP contribution in [0.3, 0.4) is 0 Å². The zero-order valence-electron chi connectivity index (χ0n) is 15.9. The molecule has 7 nitrogen and oxygen atoms in total. The van der Waals surface area contributed by atoms with E-state index in [4.69, 9.17) is 30.0 Å². The molecule has 0 spiro atoms. The van der Waals surface area contributed by atoms with Crippen LogP contribution in [0.25, 0.3) is 22.2 Å². The lowest BCUT2D eigenvalue weighted by Crippen LogP contribution is -2.11. The fraction of sp³-hybridized carbons (Fsp3) is 0.143. The van der Waals surface area contributed by atoms with Crippen LogP contribution in [0.5, 0.6) is 11.5 Å². The average molecular weight is 413 g/mol. The van der Waals surface area contributed by atoms with E-state index >= 15 is 0 Å². The summed E-state index contributed by atoms with van der Waals surface area (Å²) in [6.45, 7) is 1.80. The predicted molar refractivity (Wildman–Crippen MR) is 109 cm³/mol. The molecule has 8 heteroatoms. The number of aromatic nitrogens is 1. The number of ether oxygens (including phenoxy) is 2. The van der Waals surface area contributed by atoms with Gasteiger partial charge in [0.25, 0.3) is 5.91 Å². The van der Waals surface area contributed by atoms with Gasteiger partial charge in [-0.05, 0) is 43.3 Å². The number of benzene rings is 2. The minimum atomic E-state index is -0.440. The lowest BCUT2D eigenvalue weighted by molar-refractivity contribution is 0.0994. The number of anilines is 1. The van der Waals surface area contributed by atoms with Crippen molar-refractivity contribution >= 4 is 34.4 Å². The molecule has 148 valence electrons. The molecule has 0 saturated heterocycles. The Hall–Kier alpha value is -3.45. The Bertz CT molecular complexity index is 1210. The first-order valence-electron chi connectivity index (χ1n) is 8.69. The summed E-state index contributed by atoms with van der Waals surface area (Å²) >= 11 is 6.03. The number of nitrogens with one attached hydrogen (secondary N) is 1. The molecule has 2 aromatic carbocycles. The van der Waals surface area contributed by atoms with Crippen LogP contribution in [-0.4, -0.2) is 25.3 Å². The van der Waals surface area contributed by atoms with Crippen molar-refractivity contribution in [1.82, 2.24) is 5.16 Å². The van der Waals surface area contributed by atoms with Gasteiger partial charge in [-0.25, -0.2) is 0 Å². The second-order valence-electron chi connectivity index (χ2n) is 6.30. The summed E-state index contributed by atoms with van der Waals surface area (Å²) in [7, 11) is 3.12. The number of furan rings is 1. The first kappa shape index (κ1) is 18.9. The van der Waals surface area contributed by atoms with Gasteiger partial charge in [0.1, 0.15) is 11.3 Å². The highest BCUT2D eigenvalue weighted by molar-refractivity contribution is 6.31. The molecule has 0 bridgehead atoms. The standard InChI is InChI=1S/C21H17ClN2O5/c1-11-14-9-13(22)5-7-16(14)28-20(11)21(25)23-19-10-15(24-29-19)12-4-6-17(26-2)18(8-12)27-3/h4-10H,1-3H3,(H,23,25). The number of halogens is 1. The lowest BCUT2D eigenvalue weighted by Gasteiger charge is -2.07. The van der Waals surface area contributed by atoms with E-state index in [2.05, 4.69) is 10.5 Å². The minimum Gasteiger partial charge on any atom is -0.493 e. The quantitative estimate of drug-likeness (QED) is 0.477. The molecule has 2 aromatic heterocycles. The summed E-state index contributed by atoms with van der Waals surface area (Å²) in [5.41, 5.74) is 2.57. The fourth-order valence-corrected chi connectivity index (χ4v) is 3.22. The van der Waals surface area contributed by atoms with Crippen molar-refractivity contribution in [3.8, 4) is 22.8 Å². The number of amides is 1. The summed E-state index contributed by atoms with van der Waals surface area (Å²) in [4.78, 5) is 12.7. The lowest BCUT2D eigenvalue weighted by atomic mass is 10.1. The van der Waals surface area contributed by atoms with Crippen molar-refractivity contribution in [2.24, 2.45) is 0 Å². The number of methoxy groups -OCH3 is 2. The molecule has 0 radical (unpaired) electrons. The number of carbonyl (C=O) groups excluding carboxylic acids is 1. The summed E-state index contributed by atoms with van der Waals surface area (Å²) in [5, 5.41) is 8.03. The highest BCUT2D eigenvalue weighted by Gasteiger charge is 2.20. The summed E-state index contributed by atoms with van der Waals surface area (Å²) in [6, 6.07) is 12.2. The number of fused-ring (bicyclic) bond motifs is 1. The van der Waals surface area contributed by atoms with Gasteiger partial charge < -0.3 is 18.4 Å². The maximum absolute atomic E-state index is 12.7. The highest BCUT2D eigenvalue weighted by atomic mass is 35.5. The third-order valence-electron chi connectivity index (χ3n) is 4.53. The summed E-state index contributed by atoms with van der Waals surface area (Å²) in [5.74, 6) is 1.11. The number of rotatable bonds is 5. The minimum absolute atomic E-state index is 0.186. The largest absolute Gasteiger partial charge is 0.493 e. The van der Waals surface area contributed by atoms with E-state index in [0.29, 0.717) is 33.4 Å². The van der Waals surface area contributed by atoms with Crippen LogP contribution in [0.2, 0.25) is 5.02 Å². The van der Waals surface area contributed by atoms with Gasteiger partial charge in [0, 0.05) is 27.6 Å². The number of hydrogen-bond donors (Lipinski definition) is 1. The predicted octanol–water partition coefficient (Wildman–Crippen LogP) is 5.32. The second-order valence-corrected chi connectivity index (χ2v) is 6.73. The molecule has 1 N–H and O–H groups in total. The van der Waals surface area contributed by atoms with Crippen LogP contribution in [-0.2, 0) is 0 Å². The third kappa shape index (κ3) is 3.52. The Labute approximate surface area is 171 Å². The summed E-state index contributed by atoms with van der Waals surface area (Å²) in [6.07, 6.45) is 0. The van der Waals surface area contributed by atoms with E-state index < -0.39 is 5.91 Å². The zero-order chi connectivity index (χ0) is 20.5. The van der Waals surface area contributed by atoms with E-state index in [-0.39, 0.29) is 11.6 Å². The van der Waals surface area contributed by atoms with Crippen LogP contribution in [0.4, 0.5) is 5.88 Å². The monoisotopic (exact) mass is 412 g/mol. The van der Waals surface area contributed by atoms with Gasteiger partial charge in [0.2, 0.25) is 5.88 Å². The first-order valence-corrected chi connectivity index (χ1v) is 9.07. The van der Waals surface area contributed by atoms with Crippen molar-refractivity contribution in [2.45, 2.75) is 6.92 Å². The van der Waals surface area contributed by atoms with Gasteiger partial charge >= 0.3 is 0 Å². The Kier molecular flexibility index (Phi) is 4.90. The van der Waals surface area contributed by atoms with Crippen molar-refractivity contribution in [1.29, 1.82) is 0 Å². The van der Waals surface area contributed by atoms with Crippen LogP contribution in [0, 0.1) is 6.92 Å². The Morgan fingerprint density at radius 2 is 1.86 bits per heavy atom. The molecule has 29 heavy (non-hydrogen) atoms. The van der Waals surface area contributed by atoms with Crippen molar-refractivity contribution in [3.63, 3.8) is 0 Å². The van der Waals surface area contributed by atoms with Crippen molar-refractivity contribution < 1.29 is 23.2 Å². The molecule has 0 unspecified atom stereocenters. The third-order valence-corrected chi connectivity index (χ3v) is 4.77. The Morgan fingerprint density at radius 3 is 2.62 bits per heavy atom. The first-order chi connectivity index (χ1) is 14.0. The maximum atomic E-state index is 12.7. The van der Waals surface area contributed by atoms with Gasteiger partial charge in [-0.3, -0.25) is 10.1 Å². The van der Waals surface area contributed by atoms with Crippen molar-refractivity contribution in [2.75, 3.05) is 19.5 Å². The molecule has 1 amide bonds. The molecule has 0 atom stereocenters. The van der Waals surface area contributed by atoms with Crippen LogP contribution < -0.4 is 14.8 Å². The van der Waals surface area contributed by atoms with E-state index in [0.717, 1.165) is 10.9 Å². The zero-order valence-corrected chi connectivity index (χ0v) is 16.7. The highest BCUT2D eigenvalue weighted by Crippen LogP contribution is 2.33. The molecule has 0 aliphatic carbocycles. The van der Waals surface area contributed by atoms with Crippen LogP contribution >= 0.6 is 11.6 Å². The van der Waals surface area contributed by atoms with Crippen LogP contribution in [0.1, 0.15) is 16.1 Å². The van der Waals surface area contributed by atoms with Gasteiger partial charge in [0.15, 0.2) is 17.3 Å². The van der Waals surface area contributed by atoms with Gasteiger partial charge in [-0.2, -0.15) is 0 Å². The molecule has 0 aliphatic rings. The molecule has 0 aliphatic heterocycles. The molecule has 4 rings (SSSR count). The molecular weight excluding hydrogens is 396 g/mol.